The van der Waals surface area contributed by atoms with E-state index >= 15 is 0 Å². The summed E-state index contributed by atoms with van der Waals surface area (Å²) in [5, 5.41) is 14.4. The first kappa shape index (κ1) is 13.2. The maximum Gasteiger partial charge on any atom is 0.315 e. The Bertz CT molecular complexity index is 357. The van der Waals surface area contributed by atoms with Crippen molar-refractivity contribution in [3.05, 3.63) is 0 Å². The standard InChI is InChI=1S/C13H22N2O3/c1-12(2,7-10(16)17)15-11(18)14-8-13(5-6-13)9-3-4-9/h9H,3-8H2,1-2H3,(H,16,17)(H2,14,15,18). The number of carboxylic acid groups (broad SMARTS) is 1. The van der Waals surface area contributed by atoms with Crippen molar-refractivity contribution in [2.45, 2.75) is 51.5 Å². The van der Waals surface area contributed by atoms with Crippen LogP contribution in [0.4, 0.5) is 4.79 Å². The summed E-state index contributed by atoms with van der Waals surface area (Å²) in [6.45, 7) is 4.16. The first-order chi connectivity index (χ1) is 8.33. The topological polar surface area (TPSA) is 78.4 Å². The third-order valence-electron chi connectivity index (χ3n) is 3.98. The number of rotatable bonds is 6. The Labute approximate surface area is 107 Å². The molecule has 0 aromatic heterocycles. The fourth-order valence-corrected chi connectivity index (χ4v) is 2.62. The third kappa shape index (κ3) is 3.37. The highest BCUT2D eigenvalue weighted by atomic mass is 16.4. The van der Waals surface area contributed by atoms with Gasteiger partial charge in [-0.3, -0.25) is 4.79 Å². The molecule has 2 amide bonds. The summed E-state index contributed by atoms with van der Waals surface area (Å²) >= 11 is 0. The van der Waals surface area contributed by atoms with Gasteiger partial charge in [-0.25, -0.2) is 4.79 Å². The van der Waals surface area contributed by atoms with Crippen molar-refractivity contribution in [1.82, 2.24) is 10.6 Å². The van der Waals surface area contributed by atoms with Gasteiger partial charge in [0.25, 0.3) is 0 Å². The summed E-state index contributed by atoms with van der Waals surface area (Å²) < 4.78 is 0. The third-order valence-corrected chi connectivity index (χ3v) is 3.98. The first-order valence-electron chi connectivity index (χ1n) is 6.61. The minimum atomic E-state index is -0.906. The molecule has 0 saturated heterocycles. The molecule has 2 aliphatic rings. The maximum absolute atomic E-state index is 11.7. The van der Waals surface area contributed by atoms with Crippen LogP contribution in [0.3, 0.4) is 0 Å². The average Bonchev–Trinajstić information content (AvgIpc) is 3.06. The summed E-state index contributed by atoms with van der Waals surface area (Å²) in [4.78, 5) is 22.4. The van der Waals surface area contributed by atoms with Gasteiger partial charge in [-0.05, 0) is 50.9 Å². The van der Waals surface area contributed by atoms with E-state index < -0.39 is 11.5 Å². The number of carboxylic acids is 1. The lowest BCUT2D eigenvalue weighted by Gasteiger charge is -2.25. The van der Waals surface area contributed by atoms with Gasteiger partial charge >= 0.3 is 12.0 Å². The van der Waals surface area contributed by atoms with Crippen molar-refractivity contribution in [3.63, 3.8) is 0 Å². The summed E-state index contributed by atoms with van der Waals surface area (Å²) in [7, 11) is 0. The minimum Gasteiger partial charge on any atom is -0.481 e. The van der Waals surface area contributed by atoms with Crippen LogP contribution >= 0.6 is 0 Å². The van der Waals surface area contributed by atoms with Gasteiger partial charge < -0.3 is 15.7 Å². The molecule has 18 heavy (non-hydrogen) atoms. The molecule has 2 fully saturated rings. The SMILES string of the molecule is CC(C)(CC(=O)O)NC(=O)NCC1(C2CC2)CC1. The van der Waals surface area contributed by atoms with Gasteiger partial charge in [0.15, 0.2) is 0 Å². The molecule has 0 aromatic carbocycles. The Kier molecular flexibility index (Phi) is 3.25. The average molecular weight is 254 g/mol. The number of hydrogen-bond donors (Lipinski definition) is 3. The van der Waals surface area contributed by atoms with Crippen LogP contribution in [0, 0.1) is 11.3 Å². The molecule has 0 unspecified atom stereocenters. The largest absolute Gasteiger partial charge is 0.481 e. The second kappa shape index (κ2) is 4.44. The van der Waals surface area contributed by atoms with E-state index in [1.807, 2.05) is 0 Å². The summed E-state index contributed by atoms with van der Waals surface area (Å²) in [6, 6.07) is -0.256. The summed E-state index contributed by atoms with van der Waals surface area (Å²) in [6.07, 6.45) is 4.96. The highest BCUT2D eigenvalue weighted by Crippen LogP contribution is 2.60. The van der Waals surface area contributed by atoms with E-state index in [4.69, 9.17) is 5.11 Å². The van der Waals surface area contributed by atoms with Gasteiger partial charge in [0.2, 0.25) is 0 Å². The van der Waals surface area contributed by atoms with Crippen molar-refractivity contribution in [3.8, 4) is 0 Å². The molecule has 2 aliphatic carbocycles. The van der Waals surface area contributed by atoms with Crippen LogP contribution in [-0.2, 0) is 4.79 Å². The molecular weight excluding hydrogens is 232 g/mol. The van der Waals surface area contributed by atoms with Crippen molar-refractivity contribution in [2.75, 3.05) is 6.54 Å². The molecule has 0 radical (unpaired) electrons. The van der Waals surface area contributed by atoms with Gasteiger partial charge in [-0.2, -0.15) is 0 Å². The lowest BCUT2D eigenvalue weighted by molar-refractivity contribution is -0.138. The Morgan fingerprint density at radius 2 is 1.94 bits per heavy atom. The maximum atomic E-state index is 11.7. The highest BCUT2D eigenvalue weighted by molar-refractivity contribution is 5.76. The van der Waals surface area contributed by atoms with Gasteiger partial charge in [0.1, 0.15) is 0 Å². The molecule has 0 atom stereocenters. The van der Waals surface area contributed by atoms with Gasteiger partial charge in [0.05, 0.1) is 6.42 Å². The van der Waals surface area contributed by atoms with Crippen molar-refractivity contribution < 1.29 is 14.7 Å². The lowest BCUT2D eigenvalue weighted by Crippen LogP contribution is -2.50. The Morgan fingerprint density at radius 1 is 1.33 bits per heavy atom. The predicted octanol–water partition coefficient (Wildman–Crippen LogP) is 1.73. The summed E-state index contributed by atoms with van der Waals surface area (Å²) in [5.41, 5.74) is -0.347. The van der Waals surface area contributed by atoms with Gasteiger partial charge in [0, 0.05) is 12.1 Å². The van der Waals surface area contributed by atoms with Crippen molar-refractivity contribution in [1.29, 1.82) is 0 Å². The quantitative estimate of drug-likeness (QED) is 0.675. The molecule has 0 aromatic rings. The summed E-state index contributed by atoms with van der Waals surface area (Å²) in [5.74, 6) is -0.0956. The van der Waals surface area contributed by atoms with E-state index in [2.05, 4.69) is 10.6 Å². The van der Waals surface area contributed by atoms with Crippen LogP contribution in [0.5, 0.6) is 0 Å². The Morgan fingerprint density at radius 3 is 2.39 bits per heavy atom. The lowest BCUT2D eigenvalue weighted by atomic mass is 10.0. The second-order valence-electron chi connectivity index (χ2n) is 6.40. The molecule has 0 bridgehead atoms. The van der Waals surface area contributed by atoms with Gasteiger partial charge in [-0.1, -0.05) is 0 Å². The normalized spacial score (nSPS) is 21.2. The van der Waals surface area contributed by atoms with Crippen LogP contribution in [0.2, 0.25) is 0 Å². The number of urea groups is 1. The highest BCUT2D eigenvalue weighted by Gasteiger charge is 2.53. The molecule has 3 N–H and O–H groups in total. The van der Waals surface area contributed by atoms with Crippen molar-refractivity contribution >= 4 is 12.0 Å². The predicted molar refractivity (Wildman–Crippen MR) is 67.3 cm³/mol. The zero-order valence-corrected chi connectivity index (χ0v) is 11.1. The fourth-order valence-electron chi connectivity index (χ4n) is 2.62. The number of aliphatic carboxylic acids is 1. The van der Waals surface area contributed by atoms with Crippen LogP contribution in [-0.4, -0.2) is 29.2 Å². The Hall–Kier alpha value is -1.26. The van der Waals surface area contributed by atoms with E-state index in [1.54, 1.807) is 13.8 Å². The molecule has 0 heterocycles. The molecule has 0 spiro atoms. The van der Waals surface area contributed by atoms with E-state index in [1.165, 1.54) is 25.7 Å². The van der Waals surface area contributed by atoms with E-state index in [9.17, 15) is 9.59 Å². The smallest absolute Gasteiger partial charge is 0.315 e. The molecule has 2 saturated carbocycles. The Balaban J connectivity index is 1.73. The number of amides is 2. The first-order valence-corrected chi connectivity index (χ1v) is 6.61. The zero-order valence-electron chi connectivity index (χ0n) is 11.1. The number of carbonyl (C=O) groups excluding carboxylic acids is 1. The monoisotopic (exact) mass is 254 g/mol. The van der Waals surface area contributed by atoms with Crippen LogP contribution in [0.25, 0.3) is 0 Å². The van der Waals surface area contributed by atoms with Gasteiger partial charge in [-0.15, -0.1) is 0 Å². The minimum absolute atomic E-state index is 0.0752. The van der Waals surface area contributed by atoms with E-state index in [0.717, 1.165) is 12.5 Å². The molecule has 5 nitrogen and oxygen atoms in total. The van der Waals surface area contributed by atoms with Crippen LogP contribution in [0.1, 0.15) is 46.0 Å². The van der Waals surface area contributed by atoms with Crippen molar-refractivity contribution in [2.24, 2.45) is 11.3 Å². The zero-order chi connectivity index (χ0) is 13.4. The number of carbonyl (C=O) groups is 2. The number of hydrogen-bond acceptors (Lipinski definition) is 2. The molecule has 0 aliphatic heterocycles. The molecule has 102 valence electrons. The van der Waals surface area contributed by atoms with E-state index in [0.29, 0.717) is 5.41 Å². The number of nitrogens with one attached hydrogen (secondary N) is 2. The molecular formula is C13H22N2O3. The second-order valence-corrected chi connectivity index (χ2v) is 6.40. The molecule has 5 heteroatoms. The van der Waals surface area contributed by atoms with Crippen LogP contribution < -0.4 is 10.6 Å². The fraction of sp³-hybridized carbons (Fsp3) is 0.846. The van der Waals surface area contributed by atoms with E-state index in [-0.39, 0.29) is 12.5 Å². The van der Waals surface area contributed by atoms with Crippen LogP contribution in [0.15, 0.2) is 0 Å². The molecule has 2 rings (SSSR count).